The number of hydrogen-bond acceptors (Lipinski definition) is 3. The Balaban J connectivity index is 2.48. The Labute approximate surface area is 92.9 Å². The summed E-state index contributed by atoms with van der Waals surface area (Å²) in [4.78, 5) is 11.4. The first-order chi connectivity index (χ1) is 7.88. The fourth-order valence-corrected chi connectivity index (χ4v) is 1.46. The van der Waals surface area contributed by atoms with E-state index in [1.807, 2.05) is 5.16 Å². The summed E-state index contributed by atoms with van der Waals surface area (Å²) in [5, 5.41) is 2.04. The van der Waals surface area contributed by atoms with Gasteiger partial charge in [0.25, 0.3) is 5.56 Å². The Hall–Kier alpha value is -1.92. The zero-order valence-corrected chi connectivity index (χ0v) is 8.72. The van der Waals surface area contributed by atoms with E-state index in [4.69, 9.17) is 4.52 Å². The molecule has 0 bridgehead atoms. The normalized spacial score (nSPS) is 12.0. The number of aromatic amines is 1. The summed E-state index contributed by atoms with van der Waals surface area (Å²) in [6.07, 6.45) is -4.45. The maximum atomic E-state index is 12.1. The molecule has 0 amide bonds. The third-order valence-corrected chi connectivity index (χ3v) is 2.18. The van der Waals surface area contributed by atoms with Crippen molar-refractivity contribution < 1.29 is 22.4 Å². The molecule has 0 atom stereocenters. The van der Waals surface area contributed by atoms with E-state index in [1.54, 1.807) is 6.92 Å². The first kappa shape index (κ1) is 11.6. The number of aryl methyl sites for hydroxylation is 1. The van der Waals surface area contributed by atoms with Crippen LogP contribution in [0.25, 0.3) is 11.0 Å². The standard InChI is InChI=1S/C10H8F3NO3/c1-5-2-3-6-7(9(15)14-17-6)8(5)16-4-10(11,12)13/h2-3H,4H2,1H3,(H,14,15). The molecular weight excluding hydrogens is 239 g/mol. The second kappa shape index (κ2) is 3.83. The molecule has 0 fully saturated rings. The molecule has 0 radical (unpaired) electrons. The van der Waals surface area contributed by atoms with E-state index in [0.717, 1.165) is 0 Å². The minimum Gasteiger partial charge on any atom is -0.483 e. The van der Waals surface area contributed by atoms with Gasteiger partial charge in [-0.25, -0.2) is 0 Å². The maximum Gasteiger partial charge on any atom is 0.422 e. The molecule has 1 N–H and O–H groups in total. The van der Waals surface area contributed by atoms with Crippen LogP contribution in [0, 0.1) is 6.92 Å². The molecule has 0 unspecified atom stereocenters. The number of benzene rings is 1. The van der Waals surface area contributed by atoms with Crippen molar-refractivity contribution in [1.82, 2.24) is 5.16 Å². The van der Waals surface area contributed by atoms with Crippen LogP contribution in [-0.4, -0.2) is 17.9 Å². The van der Waals surface area contributed by atoms with Crippen LogP contribution in [0.3, 0.4) is 0 Å². The molecule has 0 saturated carbocycles. The summed E-state index contributed by atoms with van der Waals surface area (Å²) in [7, 11) is 0. The number of rotatable bonds is 2. The molecule has 7 heteroatoms. The highest BCUT2D eigenvalue weighted by molar-refractivity contribution is 5.84. The average molecular weight is 247 g/mol. The largest absolute Gasteiger partial charge is 0.483 e. The fraction of sp³-hybridized carbons (Fsp3) is 0.300. The molecule has 0 spiro atoms. The van der Waals surface area contributed by atoms with E-state index in [2.05, 4.69) is 4.74 Å². The van der Waals surface area contributed by atoms with Crippen LogP contribution < -0.4 is 10.3 Å². The Bertz CT molecular complexity index is 597. The van der Waals surface area contributed by atoms with Gasteiger partial charge in [0.15, 0.2) is 12.2 Å². The summed E-state index contributed by atoms with van der Waals surface area (Å²) < 4.78 is 45.6. The van der Waals surface area contributed by atoms with Crippen molar-refractivity contribution in [2.45, 2.75) is 13.1 Å². The zero-order valence-electron chi connectivity index (χ0n) is 8.72. The van der Waals surface area contributed by atoms with Gasteiger partial charge in [0.1, 0.15) is 11.1 Å². The number of halogens is 3. The first-order valence-corrected chi connectivity index (χ1v) is 4.69. The number of fused-ring (bicyclic) bond motifs is 1. The van der Waals surface area contributed by atoms with E-state index in [1.165, 1.54) is 12.1 Å². The van der Waals surface area contributed by atoms with Crippen LogP contribution >= 0.6 is 0 Å². The summed E-state index contributed by atoms with van der Waals surface area (Å²) in [5.41, 5.74) is -0.00713. The minimum atomic E-state index is -4.45. The van der Waals surface area contributed by atoms with Crippen molar-refractivity contribution in [3.8, 4) is 5.75 Å². The highest BCUT2D eigenvalue weighted by atomic mass is 19.4. The van der Waals surface area contributed by atoms with Crippen LogP contribution in [0.4, 0.5) is 13.2 Å². The predicted molar refractivity (Wildman–Crippen MR) is 53.1 cm³/mol. The molecule has 0 aliphatic rings. The van der Waals surface area contributed by atoms with Gasteiger partial charge in [-0.2, -0.15) is 18.3 Å². The van der Waals surface area contributed by atoms with Gasteiger partial charge < -0.3 is 9.26 Å². The van der Waals surface area contributed by atoms with Crippen molar-refractivity contribution >= 4 is 11.0 Å². The van der Waals surface area contributed by atoms with Gasteiger partial charge in [-0.3, -0.25) is 4.79 Å². The van der Waals surface area contributed by atoms with E-state index in [-0.39, 0.29) is 16.7 Å². The highest BCUT2D eigenvalue weighted by Gasteiger charge is 2.29. The Kier molecular flexibility index (Phi) is 2.60. The monoisotopic (exact) mass is 247 g/mol. The Morgan fingerprint density at radius 3 is 2.76 bits per heavy atom. The molecule has 92 valence electrons. The van der Waals surface area contributed by atoms with Gasteiger partial charge in [0, 0.05) is 0 Å². The molecule has 1 aromatic heterocycles. The van der Waals surface area contributed by atoms with Crippen LogP contribution in [0.2, 0.25) is 0 Å². The lowest BCUT2D eigenvalue weighted by Crippen LogP contribution is -2.20. The van der Waals surface area contributed by atoms with Gasteiger partial charge in [0.2, 0.25) is 0 Å². The molecule has 2 rings (SSSR count). The molecule has 4 nitrogen and oxygen atoms in total. The predicted octanol–water partition coefficient (Wildman–Crippen LogP) is 2.37. The summed E-state index contributed by atoms with van der Waals surface area (Å²) >= 11 is 0. The molecule has 0 saturated heterocycles. The lowest BCUT2D eigenvalue weighted by atomic mass is 10.1. The first-order valence-electron chi connectivity index (χ1n) is 4.69. The summed E-state index contributed by atoms with van der Waals surface area (Å²) in [5.74, 6) is -0.102. The van der Waals surface area contributed by atoms with Crippen LogP contribution in [0.15, 0.2) is 21.5 Å². The Morgan fingerprint density at radius 1 is 1.41 bits per heavy atom. The SMILES string of the molecule is Cc1ccc2o[nH]c(=O)c2c1OCC(F)(F)F. The highest BCUT2D eigenvalue weighted by Crippen LogP contribution is 2.28. The third kappa shape index (κ3) is 2.27. The molecule has 1 aromatic carbocycles. The van der Waals surface area contributed by atoms with E-state index >= 15 is 0 Å². The number of nitrogens with one attached hydrogen (secondary N) is 1. The van der Waals surface area contributed by atoms with Gasteiger partial charge in [-0.15, -0.1) is 0 Å². The van der Waals surface area contributed by atoms with Crippen molar-refractivity contribution in [2.24, 2.45) is 0 Å². The van der Waals surface area contributed by atoms with Crippen LogP contribution in [0.1, 0.15) is 5.56 Å². The van der Waals surface area contributed by atoms with Gasteiger partial charge in [-0.1, -0.05) is 6.07 Å². The van der Waals surface area contributed by atoms with E-state index in [0.29, 0.717) is 5.56 Å². The van der Waals surface area contributed by atoms with Crippen LogP contribution in [-0.2, 0) is 0 Å². The summed E-state index contributed by atoms with van der Waals surface area (Å²) in [6, 6.07) is 3.01. The van der Waals surface area contributed by atoms with Gasteiger partial charge >= 0.3 is 6.18 Å². The lowest BCUT2D eigenvalue weighted by molar-refractivity contribution is -0.153. The molecule has 0 aliphatic heterocycles. The maximum absolute atomic E-state index is 12.1. The quantitative estimate of drug-likeness (QED) is 0.886. The van der Waals surface area contributed by atoms with Gasteiger partial charge in [-0.05, 0) is 18.6 Å². The topological polar surface area (TPSA) is 55.2 Å². The minimum absolute atomic E-state index is 0.00532. The van der Waals surface area contributed by atoms with Crippen molar-refractivity contribution in [3.63, 3.8) is 0 Å². The van der Waals surface area contributed by atoms with E-state index < -0.39 is 18.3 Å². The molecule has 0 aliphatic carbocycles. The number of ether oxygens (including phenoxy) is 1. The van der Waals surface area contributed by atoms with Crippen LogP contribution in [0.5, 0.6) is 5.75 Å². The number of aromatic nitrogens is 1. The van der Waals surface area contributed by atoms with Crippen molar-refractivity contribution in [3.05, 3.63) is 28.0 Å². The number of hydrogen-bond donors (Lipinski definition) is 1. The van der Waals surface area contributed by atoms with Crippen molar-refractivity contribution in [1.29, 1.82) is 0 Å². The van der Waals surface area contributed by atoms with Gasteiger partial charge in [0.05, 0.1) is 0 Å². The average Bonchev–Trinajstić information content (AvgIpc) is 2.58. The zero-order chi connectivity index (χ0) is 12.6. The molecule has 2 aromatic rings. The molecular formula is C10H8F3NO3. The number of H-pyrrole nitrogens is 1. The second-order valence-electron chi connectivity index (χ2n) is 3.52. The smallest absolute Gasteiger partial charge is 0.422 e. The van der Waals surface area contributed by atoms with E-state index in [9.17, 15) is 18.0 Å². The lowest BCUT2D eigenvalue weighted by Gasteiger charge is -2.11. The number of alkyl halides is 3. The summed E-state index contributed by atoms with van der Waals surface area (Å²) in [6.45, 7) is 0.106. The Morgan fingerprint density at radius 2 is 2.12 bits per heavy atom. The molecule has 1 heterocycles. The molecule has 17 heavy (non-hydrogen) atoms. The fourth-order valence-electron chi connectivity index (χ4n) is 1.46. The second-order valence-corrected chi connectivity index (χ2v) is 3.52. The van der Waals surface area contributed by atoms with Crippen molar-refractivity contribution in [2.75, 3.05) is 6.61 Å². The third-order valence-electron chi connectivity index (χ3n) is 2.18.